The lowest BCUT2D eigenvalue weighted by atomic mass is 10.2. The monoisotopic (exact) mass is 435 g/mol. The van der Waals surface area contributed by atoms with Gasteiger partial charge in [-0.25, -0.2) is 5.43 Å². The number of phenols is 1. The van der Waals surface area contributed by atoms with Crippen LogP contribution >= 0.6 is 15.9 Å². The Balaban J connectivity index is 1.98. The molecule has 8 nitrogen and oxygen atoms in total. The molecule has 0 saturated heterocycles. The van der Waals surface area contributed by atoms with Crippen molar-refractivity contribution in [3.05, 3.63) is 46.4 Å². The molecule has 0 unspecified atom stereocenters. The van der Waals surface area contributed by atoms with Gasteiger partial charge >= 0.3 is 11.8 Å². The Hall–Kier alpha value is -3.07. The summed E-state index contributed by atoms with van der Waals surface area (Å²) in [5, 5.41) is 16.1. The van der Waals surface area contributed by atoms with Gasteiger partial charge in [0.2, 0.25) is 0 Å². The maximum Gasteiger partial charge on any atom is 0.329 e. The van der Waals surface area contributed by atoms with Crippen molar-refractivity contribution in [2.75, 3.05) is 19.0 Å². The van der Waals surface area contributed by atoms with Crippen LogP contribution < -0.4 is 20.2 Å². The lowest BCUT2D eigenvalue weighted by Crippen LogP contribution is -2.32. The second-order valence-corrected chi connectivity index (χ2v) is 6.02. The first-order chi connectivity index (χ1) is 12.9. The lowest BCUT2D eigenvalue weighted by molar-refractivity contribution is -0.136. The number of aromatic hydroxyl groups is 1. The second-order valence-electron chi connectivity index (χ2n) is 5.17. The van der Waals surface area contributed by atoms with Gasteiger partial charge < -0.3 is 19.9 Å². The average molecular weight is 436 g/mol. The number of ether oxygens (including phenoxy) is 2. The lowest BCUT2D eigenvalue weighted by Gasteiger charge is -2.08. The van der Waals surface area contributed by atoms with Crippen LogP contribution in [0.25, 0.3) is 0 Å². The van der Waals surface area contributed by atoms with Crippen molar-refractivity contribution in [3.8, 4) is 17.2 Å². The fourth-order valence-corrected chi connectivity index (χ4v) is 2.50. The zero-order chi connectivity index (χ0) is 19.8. The molecule has 0 spiro atoms. The van der Waals surface area contributed by atoms with Crippen molar-refractivity contribution in [2.24, 2.45) is 5.10 Å². The van der Waals surface area contributed by atoms with E-state index in [1.807, 2.05) is 0 Å². The van der Waals surface area contributed by atoms with Crippen molar-refractivity contribution in [1.29, 1.82) is 0 Å². The Kier molecular flexibility index (Phi) is 7.18. The van der Waals surface area contributed by atoms with E-state index < -0.39 is 11.8 Å². The summed E-state index contributed by atoms with van der Waals surface area (Å²) in [4.78, 5) is 23.7. The molecule has 0 aromatic heterocycles. The minimum absolute atomic E-state index is 0.0318. The SMILES string of the molecule is CCOc1cc(/C=N\NC(=O)C(=O)Nc2cccc(OC)c2)cc(Br)c1O. The van der Waals surface area contributed by atoms with Crippen LogP contribution in [0.15, 0.2) is 46.0 Å². The van der Waals surface area contributed by atoms with Gasteiger partial charge in [-0.3, -0.25) is 9.59 Å². The fourth-order valence-electron chi connectivity index (χ4n) is 2.04. The van der Waals surface area contributed by atoms with Crippen molar-refractivity contribution in [3.63, 3.8) is 0 Å². The maximum absolute atomic E-state index is 11.9. The molecule has 0 aliphatic rings. The molecule has 0 fully saturated rings. The fraction of sp³-hybridized carbons (Fsp3) is 0.167. The van der Waals surface area contributed by atoms with Crippen LogP contribution in [0.3, 0.4) is 0 Å². The predicted octanol–water partition coefficient (Wildman–Crippen LogP) is 2.65. The Morgan fingerprint density at radius 2 is 2.04 bits per heavy atom. The number of hydrogen-bond donors (Lipinski definition) is 3. The van der Waals surface area contributed by atoms with Crippen molar-refractivity contribution in [1.82, 2.24) is 5.43 Å². The topological polar surface area (TPSA) is 109 Å². The summed E-state index contributed by atoms with van der Waals surface area (Å²) in [6.07, 6.45) is 1.32. The Morgan fingerprint density at radius 3 is 2.74 bits per heavy atom. The van der Waals surface area contributed by atoms with Gasteiger partial charge in [0.25, 0.3) is 0 Å². The molecule has 142 valence electrons. The average Bonchev–Trinajstić information content (AvgIpc) is 2.65. The third kappa shape index (κ3) is 5.71. The molecule has 9 heteroatoms. The summed E-state index contributed by atoms with van der Waals surface area (Å²) in [5.74, 6) is -1.01. The number of hydrazone groups is 1. The molecular weight excluding hydrogens is 418 g/mol. The van der Waals surface area contributed by atoms with Gasteiger partial charge in [0, 0.05) is 11.8 Å². The summed E-state index contributed by atoms with van der Waals surface area (Å²) in [6.45, 7) is 2.16. The Morgan fingerprint density at radius 1 is 1.26 bits per heavy atom. The number of phenolic OH excluding ortho intramolecular Hbond substituents is 1. The van der Waals surface area contributed by atoms with Gasteiger partial charge in [-0.15, -0.1) is 0 Å². The molecule has 0 saturated carbocycles. The van der Waals surface area contributed by atoms with E-state index in [0.717, 1.165) is 0 Å². The number of carbonyl (C=O) groups is 2. The highest BCUT2D eigenvalue weighted by atomic mass is 79.9. The second kappa shape index (κ2) is 9.58. The van der Waals surface area contributed by atoms with E-state index in [2.05, 4.69) is 31.8 Å². The first kappa shape index (κ1) is 20.2. The Bertz CT molecular complexity index is 870. The highest BCUT2D eigenvalue weighted by Gasteiger charge is 2.13. The molecule has 2 aromatic rings. The van der Waals surface area contributed by atoms with Crippen molar-refractivity contribution in [2.45, 2.75) is 6.92 Å². The molecule has 0 atom stereocenters. The number of hydrogen-bond acceptors (Lipinski definition) is 6. The van der Waals surface area contributed by atoms with Crippen LogP contribution in [0.1, 0.15) is 12.5 Å². The van der Waals surface area contributed by atoms with Crippen molar-refractivity contribution >= 4 is 39.6 Å². The molecule has 0 aliphatic heterocycles. The molecule has 27 heavy (non-hydrogen) atoms. The number of nitrogens with one attached hydrogen (secondary N) is 2. The smallest absolute Gasteiger partial charge is 0.329 e. The van der Waals surface area contributed by atoms with Gasteiger partial charge in [0.1, 0.15) is 5.75 Å². The molecule has 2 rings (SSSR count). The maximum atomic E-state index is 11.9. The highest BCUT2D eigenvalue weighted by molar-refractivity contribution is 9.10. The molecule has 3 N–H and O–H groups in total. The van der Waals surface area contributed by atoms with E-state index >= 15 is 0 Å². The molecule has 2 amide bonds. The van der Waals surface area contributed by atoms with Crippen LogP contribution in [-0.4, -0.2) is 36.9 Å². The van der Waals surface area contributed by atoms with E-state index in [-0.39, 0.29) is 11.5 Å². The summed E-state index contributed by atoms with van der Waals surface area (Å²) >= 11 is 3.21. The highest BCUT2D eigenvalue weighted by Crippen LogP contribution is 2.35. The van der Waals surface area contributed by atoms with Gasteiger partial charge in [-0.2, -0.15) is 5.10 Å². The quantitative estimate of drug-likeness (QED) is 0.367. The third-order valence-electron chi connectivity index (χ3n) is 3.26. The number of rotatable bonds is 6. The normalized spacial score (nSPS) is 10.5. The van der Waals surface area contributed by atoms with Gasteiger partial charge in [0.15, 0.2) is 11.5 Å². The molecule has 0 radical (unpaired) electrons. The van der Waals surface area contributed by atoms with E-state index in [4.69, 9.17) is 9.47 Å². The van der Waals surface area contributed by atoms with Gasteiger partial charge in [-0.05, 0) is 52.7 Å². The summed E-state index contributed by atoms with van der Waals surface area (Å²) < 4.78 is 10.8. The van der Waals surface area contributed by atoms with Gasteiger partial charge in [-0.1, -0.05) is 6.07 Å². The molecular formula is C18H18BrN3O5. The van der Waals surface area contributed by atoms with E-state index in [9.17, 15) is 14.7 Å². The molecule has 0 heterocycles. The molecule has 0 aliphatic carbocycles. The summed E-state index contributed by atoms with van der Waals surface area (Å²) in [5.41, 5.74) is 3.11. The summed E-state index contributed by atoms with van der Waals surface area (Å²) in [7, 11) is 1.50. The van der Waals surface area contributed by atoms with Crippen LogP contribution in [0.5, 0.6) is 17.2 Å². The van der Waals surface area contributed by atoms with Crippen LogP contribution in [0.2, 0.25) is 0 Å². The van der Waals surface area contributed by atoms with E-state index in [1.54, 1.807) is 43.3 Å². The number of benzene rings is 2. The van der Waals surface area contributed by atoms with Crippen molar-refractivity contribution < 1.29 is 24.2 Å². The molecule has 2 aromatic carbocycles. The van der Waals surface area contributed by atoms with Gasteiger partial charge in [0.05, 0.1) is 24.4 Å². The minimum atomic E-state index is -0.933. The first-order valence-corrected chi connectivity index (χ1v) is 8.67. The zero-order valence-corrected chi connectivity index (χ0v) is 16.2. The van der Waals surface area contributed by atoms with Crippen LogP contribution in [0, 0.1) is 0 Å². The van der Waals surface area contributed by atoms with E-state index in [1.165, 1.54) is 13.3 Å². The molecule has 0 bridgehead atoms. The van der Waals surface area contributed by atoms with Crippen LogP contribution in [-0.2, 0) is 9.59 Å². The van der Waals surface area contributed by atoms with E-state index in [0.29, 0.717) is 28.1 Å². The Labute approximate surface area is 164 Å². The predicted molar refractivity (Wildman–Crippen MR) is 104 cm³/mol. The third-order valence-corrected chi connectivity index (χ3v) is 3.87. The van der Waals surface area contributed by atoms with Crippen LogP contribution in [0.4, 0.5) is 5.69 Å². The minimum Gasteiger partial charge on any atom is -0.503 e. The standard InChI is InChI=1S/C18H18BrN3O5/c1-3-27-15-8-11(7-14(19)16(15)23)10-20-22-18(25)17(24)21-12-5-4-6-13(9-12)26-2/h4-10,23H,3H2,1-2H3,(H,21,24)(H,22,25)/b20-10-. The first-order valence-electron chi connectivity index (χ1n) is 7.88. The number of anilines is 1. The number of nitrogens with zero attached hydrogens (tertiary/aromatic N) is 1. The number of amides is 2. The number of halogens is 1. The number of methoxy groups -OCH3 is 1. The largest absolute Gasteiger partial charge is 0.503 e. The summed E-state index contributed by atoms with van der Waals surface area (Å²) in [6, 6.07) is 9.74. The number of carbonyl (C=O) groups excluding carboxylic acids is 2. The zero-order valence-electron chi connectivity index (χ0n) is 14.7.